The summed E-state index contributed by atoms with van der Waals surface area (Å²) in [7, 11) is 1.39. The summed E-state index contributed by atoms with van der Waals surface area (Å²) in [6.07, 6.45) is 7.89. The maximum Gasteiger partial charge on any atom is 0.305 e. The zero-order valence-electron chi connectivity index (χ0n) is 10.1. The fraction of sp³-hybridized carbons (Fsp3) is 0.692. The molecule has 1 rings (SSSR count). The number of rotatable bonds is 5. The van der Waals surface area contributed by atoms with Crippen molar-refractivity contribution in [1.29, 1.82) is 0 Å². The van der Waals surface area contributed by atoms with Gasteiger partial charge in [-0.05, 0) is 18.8 Å². The van der Waals surface area contributed by atoms with E-state index in [-0.39, 0.29) is 23.6 Å². The predicted octanol–water partition coefficient (Wildman–Crippen LogP) is 2.50. The SMILES string of the molecule is CCC/C=C\[C@@H]1C(=O)CCC1CC(=O)OC. The summed E-state index contributed by atoms with van der Waals surface area (Å²) in [5, 5.41) is 0. The zero-order chi connectivity index (χ0) is 12.0. The van der Waals surface area contributed by atoms with Crippen molar-refractivity contribution in [2.75, 3.05) is 7.11 Å². The Bertz CT molecular complexity index is 281. The highest BCUT2D eigenvalue weighted by molar-refractivity contribution is 5.86. The summed E-state index contributed by atoms with van der Waals surface area (Å²) < 4.78 is 4.65. The van der Waals surface area contributed by atoms with Crippen molar-refractivity contribution in [2.45, 2.75) is 39.0 Å². The summed E-state index contributed by atoms with van der Waals surface area (Å²) in [5.41, 5.74) is 0. The Morgan fingerprint density at radius 3 is 2.94 bits per heavy atom. The van der Waals surface area contributed by atoms with Crippen LogP contribution in [0.3, 0.4) is 0 Å². The lowest BCUT2D eigenvalue weighted by atomic mass is 9.92. The number of unbranched alkanes of at least 4 members (excludes halogenated alkanes) is 1. The second kappa shape index (κ2) is 6.46. The van der Waals surface area contributed by atoms with Crippen molar-refractivity contribution in [1.82, 2.24) is 0 Å². The molecule has 1 unspecified atom stereocenters. The number of methoxy groups -OCH3 is 1. The lowest BCUT2D eigenvalue weighted by Gasteiger charge is -2.13. The van der Waals surface area contributed by atoms with Crippen LogP contribution in [0.2, 0.25) is 0 Å². The van der Waals surface area contributed by atoms with Gasteiger partial charge in [-0.1, -0.05) is 25.5 Å². The first kappa shape index (κ1) is 12.9. The van der Waals surface area contributed by atoms with Gasteiger partial charge in [-0.25, -0.2) is 0 Å². The van der Waals surface area contributed by atoms with E-state index in [0.29, 0.717) is 12.8 Å². The van der Waals surface area contributed by atoms with Gasteiger partial charge in [-0.15, -0.1) is 0 Å². The van der Waals surface area contributed by atoms with E-state index >= 15 is 0 Å². The van der Waals surface area contributed by atoms with Crippen LogP contribution in [0.4, 0.5) is 0 Å². The second-order valence-corrected chi connectivity index (χ2v) is 4.29. The zero-order valence-corrected chi connectivity index (χ0v) is 10.1. The molecule has 16 heavy (non-hydrogen) atoms. The van der Waals surface area contributed by atoms with Gasteiger partial charge in [0, 0.05) is 18.8 Å². The molecule has 2 atom stereocenters. The van der Waals surface area contributed by atoms with E-state index in [1.807, 2.05) is 6.08 Å². The summed E-state index contributed by atoms with van der Waals surface area (Å²) in [6, 6.07) is 0. The van der Waals surface area contributed by atoms with Crippen molar-refractivity contribution in [3.8, 4) is 0 Å². The number of allylic oxidation sites excluding steroid dienone is 2. The van der Waals surface area contributed by atoms with E-state index in [0.717, 1.165) is 19.3 Å². The molecule has 90 valence electrons. The second-order valence-electron chi connectivity index (χ2n) is 4.29. The van der Waals surface area contributed by atoms with Gasteiger partial charge >= 0.3 is 5.97 Å². The molecule has 0 aromatic rings. The minimum absolute atomic E-state index is 0.0642. The number of Topliss-reactive ketones (excluding diaryl/α,β-unsaturated/α-hetero) is 1. The minimum Gasteiger partial charge on any atom is -0.469 e. The molecule has 1 aliphatic rings. The molecule has 3 heteroatoms. The molecule has 0 aromatic heterocycles. The topological polar surface area (TPSA) is 43.4 Å². The van der Waals surface area contributed by atoms with E-state index in [4.69, 9.17) is 0 Å². The first-order valence-corrected chi connectivity index (χ1v) is 5.95. The van der Waals surface area contributed by atoms with Crippen LogP contribution in [0, 0.1) is 11.8 Å². The fourth-order valence-electron chi connectivity index (χ4n) is 2.14. The Morgan fingerprint density at radius 2 is 2.31 bits per heavy atom. The molecule has 1 fully saturated rings. The number of ketones is 1. The fourth-order valence-corrected chi connectivity index (χ4v) is 2.14. The molecule has 0 amide bonds. The first-order valence-electron chi connectivity index (χ1n) is 5.95. The van der Waals surface area contributed by atoms with Gasteiger partial charge in [0.2, 0.25) is 0 Å². The van der Waals surface area contributed by atoms with E-state index in [2.05, 4.69) is 17.7 Å². The van der Waals surface area contributed by atoms with Gasteiger partial charge < -0.3 is 4.74 Å². The molecule has 0 saturated heterocycles. The van der Waals surface area contributed by atoms with E-state index in [1.54, 1.807) is 0 Å². The lowest BCUT2D eigenvalue weighted by Crippen LogP contribution is -2.16. The number of esters is 1. The smallest absolute Gasteiger partial charge is 0.305 e. The van der Waals surface area contributed by atoms with Crippen molar-refractivity contribution >= 4 is 11.8 Å². The summed E-state index contributed by atoms with van der Waals surface area (Å²) >= 11 is 0. The van der Waals surface area contributed by atoms with Crippen molar-refractivity contribution in [3.05, 3.63) is 12.2 Å². The molecule has 1 saturated carbocycles. The number of carbonyl (C=O) groups is 2. The predicted molar refractivity (Wildman–Crippen MR) is 61.9 cm³/mol. The van der Waals surface area contributed by atoms with Gasteiger partial charge in [0.15, 0.2) is 0 Å². The van der Waals surface area contributed by atoms with Crippen LogP contribution in [0.5, 0.6) is 0 Å². The maximum absolute atomic E-state index is 11.6. The van der Waals surface area contributed by atoms with Crippen LogP contribution in [0.25, 0.3) is 0 Å². The molecule has 0 N–H and O–H groups in total. The van der Waals surface area contributed by atoms with E-state index in [1.165, 1.54) is 7.11 Å². The number of ether oxygens (including phenoxy) is 1. The van der Waals surface area contributed by atoms with Crippen molar-refractivity contribution in [2.24, 2.45) is 11.8 Å². The summed E-state index contributed by atoms with van der Waals surface area (Å²) in [4.78, 5) is 22.8. The molecule has 3 nitrogen and oxygen atoms in total. The molecule has 0 spiro atoms. The third-order valence-corrected chi connectivity index (χ3v) is 3.10. The quantitative estimate of drug-likeness (QED) is 0.532. The van der Waals surface area contributed by atoms with Crippen LogP contribution in [-0.4, -0.2) is 18.9 Å². The maximum atomic E-state index is 11.6. The van der Waals surface area contributed by atoms with E-state index < -0.39 is 0 Å². The Hall–Kier alpha value is -1.12. The molecular weight excluding hydrogens is 204 g/mol. The van der Waals surface area contributed by atoms with Crippen LogP contribution >= 0.6 is 0 Å². The molecule has 1 aliphatic carbocycles. The van der Waals surface area contributed by atoms with E-state index in [9.17, 15) is 9.59 Å². The molecule has 0 aromatic carbocycles. The first-order chi connectivity index (χ1) is 7.69. The normalized spacial score (nSPS) is 25.2. The molecular formula is C13H20O3. The third kappa shape index (κ3) is 3.47. The van der Waals surface area contributed by atoms with Gasteiger partial charge in [0.25, 0.3) is 0 Å². The number of hydrogen-bond donors (Lipinski definition) is 0. The summed E-state index contributed by atoms with van der Waals surface area (Å²) in [5.74, 6) is 0.133. The van der Waals surface area contributed by atoms with Crippen molar-refractivity contribution < 1.29 is 14.3 Å². The highest BCUT2D eigenvalue weighted by atomic mass is 16.5. The standard InChI is InChI=1S/C13H20O3/c1-3-4-5-6-11-10(7-8-12(11)14)9-13(15)16-2/h5-6,10-11H,3-4,7-9H2,1-2H3/b6-5-/t10?,11-/m0/s1. The lowest BCUT2D eigenvalue weighted by molar-refractivity contribution is -0.141. The highest BCUT2D eigenvalue weighted by Gasteiger charge is 2.34. The van der Waals surface area contributed by atoms with Gasteiger partial charge in [-0.3, -0.25) is 9.59 Å². The molecule has 0 bridgehead atoms. The Labute approximate surface area is 96.9 Å². The Kier molecular flexibility index (Phi) is 5.23. The largest absolute Gasteiger partial charge is 0.469 e. The third-order valence-electron chi connectivity index (χ3n) is 3.10. The highest BCUT2D eigenvalue weighted by Crippen LogP contribution is 2.32. The van der Waals surface area contributed by atoms with Gasteiger partial charge in [-0.2, -0.15) is 0 Å². The average Bonchev–Trinajstić information content (AvgIpc) is 2.61. The molecule has 0 aliphatic heterocycles. The number of carbonyl (C=O) groups excluding carboxylic acids is 2. The van der Waals surface area contributed by atoms with Gasteiger partial charge in [0.1, 0.15) is 5.78 Å². The van der Waals surface area contributed by atoms with Crippen LogP contribution in [0.1, 0.15) is 39.0 Å². The monoisotopic (exact) mass is 224 g/mol. The van der Waals surface area contributed by atoms with Crippen LogP contribution in [0.15, 0.2) is 12.2 Å². The van der Waals surface area contributed by atoms with Crippen molar-refractivity contribution in [3.63, 3.8) is 0 Å². The van der Waals surface area contributed by atoms with Gasteiger partial charge in [0.05, 0.1) is 7.11 Å². The Balaban J connectivity index is 2.55. The molecule has 0 heterocycles. The summed E-state index contributed by atoms with van der Waals surface area (Å²) in [6.45, 7) is 2.10. The Morgan fingerprint density at radius 1 is 1.56 bits per heavy atom. The number of hydrogen-bond acceptors (Lipinski definition) is 3. The van der Waals surface area contributed by atoms with Crippen LogP contribution in [-0.2, 0) is 14.3 Å². The van der Waals surface area contributed by atoms with Crippen LogP contribution < -0.4 is 0 Å². The molecule has 0 radical (unpaired) electrons. The minimum atomic E-state index is -0.214. The average molecular weight is 224 g/mol.